The summed E-state index contributed by atoms with van der Waals surface area (Å²) in [4.78, 5) is 24.4. The zero-order valence-electron chi connectivity index (χ0n) is 17.4. The monoisotopic (exact) mass is 421 g/mol. The number of ether oxygens (including phenoxy) is 3. The molecule has 2 aromatic carbocycles. The Hall–Kier alpha value is -2.31. The molecule has 0 bridgehead atoms. The molecule has 0 fully saturated rings. The fourth-order valence-electron chi connectivity index (χ4n) is 3.29. The van der Waals surface area contributed by atoms with E-state index < -0.39 is 18.0 Å². The SMILES string of the molecule is CC(=O)Oc1c(OC(=O)[C@@H](N)C(C)C)c2c(c3ccccc13)OC(C)(C)CC2.Cl. The Balaban J connectivity index is 0.00000300. The second kappa shape index (κ2) is 8.59. The summed E-state index contributed by atoms with van der Waals surface area (Å²) in [6.07, 6.45) is 1.36. The van der Waals surface area contributed by atoms with E-state index in [2.05, 4.69) is 0 Å². The van der Waals surface area contributed by atoms with Gasteiger partial charge in [-0.25, -0.2) is 4.79 Å². The lowest BCUT2D eigenvalue weighted by molar-refractivity contribution is -0.138. The Morgan fingerprint density at radius 2 is 1.72 bits per heavy atom. The van der Waals surface area contributed by atoms with Gasteiger partial charge >= 0.3 is 11.9 Å². The van der Waals surface area contributed by atoms with Gasteiger partial charge in [0.25, 0.3) is 0 Å². The number of halogens is 1. The van der Waals surface area contributed by atoms with Crippen molar-refractivity contribution < 1.29 is 23.8 Å². The number of esters is 2. The van der Waals surface area contributed by atoms with Crippen LogP contribution in [0, 0.1) is 5.92 Å². The van der Waals surface area contributed by atoms with Crippen molar-refractivity contribution in [2.45, 2.75) is 59.1 Å². The van der Waals surface area contributed by atoms with E-state index in [0.717, 1.165) is 17.4 Å². The zero-order chi connectivity index (χ0) is 20.6. The van der Waals surface area contributed by atoms with Crippen molar-refractivity contribution in [1.29, 1.82) is 0 Å². The molecule has 2 N–H and O–H groups in total. The van der Waals surface area contributed by atoms with E-state index in [1.807, 2.05) is 52.0 Å². The van der Waals surface area contributed by atoms with Gasteiger partial charge in [0.15, 0.2) is 11.5 Å². The minimum absolute atomic E-state index is 0. The summed E-state index contributed by atoms with van der Waals surface area (Å²) in [7, 11) is 0. The average Bonchev–Trinajstić information content (AvgIpc) is 2.62. The first-order valence-corrected chi connectivity index (χ1v) is 9.53. The van der Waals surface area contributed by atoms with Gasteiger partial charge in [-0.2, -0.15) is 0 Å². The lowest BCUT2D eigenvalue weighted by Gasteiger charge is -2.34. The van der Waals surface area contributed by atoms with Crippen LogP contribution in [-0.2, 0) is 16.0 Å². The lowest BCUT2D eigenvalue weighted by atomic mass is 9.91. The summed E-state index contributed by atoms with van der Waals surface area (Å²) in [5, 5.41) is 1.46. The highest BCUT2D eigenvalue weighted by Gasteiger charge is 2.34. The van der Waals surface area contributed by atoms with Crippen molar-refractivity contribution in [3.8, 4) is 17.2 Å². The van der Waals surface area contributed by atoms with Gasteiger partial charge < -0.3 is 19.9 Å². The van der Waals surface area contributed by atoms with Crippen LogP contribution in [0.2, 0.25) is 0 Å². The molecule has 3 rings (SSSR count). The molecular formula is C22H28ClNO5. The minimum Gasteiger partial charge on any atom is -0.487 e. The molecule has 1 aliphatic rings. The number of carbonyl (C=O) groups is 2. The molecule has 0 aromatic heterocycles. The number of benzene rings is 2. The van der Waals surface area contributed by atoms with Crippen LogP contribution in [-0.4, -0.2) is 23.6 Å². The van der Waals surface area contributed by atoms with Gasteiger partial charge in [-0.15, -0.1) is 12.4 Å². The molecule has 7 heteroatoms. The molecule has 1 atom stereocenters. The summed E-state index contributed by atoms with van der Waals surface area (Å²) < 4.78 is 17.5. The maximum Gasteiger partial charge on any atom is 0.328 e. The van der Waals surface area contributed by atoms with Crippen molar-refractivity contribution >= 4 is 35.1 Å². The first-order chi connectivity index (χ1) is 13.1. The van der Waals surface area contributed by atoms with Crippen molar-refractivity contribution in [1.82, 2.24) is 0 Å². The third kappa shape index (κ3) is 4.65. The summed E-state index contributed by atoms with van der Waals surface area (Å²) in [5.41, 5.74) is 6.35. The molecule has 29 heavy (non-hydrogen) atoms. The van der Waals surface area contributed by atoms with Crippen molar-refractivity contribution in [2.24, 2.45) is 11.7 Å². The van der Waals surface area contributed by atoms with Gasteiger partial charge in [-0.05, 0) is 32.6 Å². The Bertz CT molecular complexity index is 938. The predicted octanol–water partition coefficient (Wildman–Crippen LogP) is 4.18. The van der Waals surface area contributed by atoms with Gasteiger partial charge in [0.1, 0.15) is 17.4 Å². The van der Waals surface area contributed by atoms with Crippen LogP contribution in [0.15, 0.2) is 24.3 Å². The van der Waals surface area contributed by atoms with Crippen LogP contribution in [0.1, 0.15) is 46.6 Å². The Morgan fingerprint density at radius 3 is 2.31 bits per heavy atom. The van der Waals surface area contributed by atoms with E-state index >= 15 is 0 Å². The number of nitrogens with two attached hydrogens (primary N) is 1. The Morgan fingerprint density at radius 1 is 1.10 bits per heavy atom. The second-order valence-electron chi connectivity index (χ2n) is 8.16. The molecule has 0 amide bonds. The zero-order valence-corrected chi connectivity index (χ0v) is 18.2. The largest absolute Gasteiger partial charge is 0.487 e. The molecular weight excluding hydrogens is 394 g/mol. The number of fused-ring (bicyclic) bond motifs is 3. The van der Waals surface area contributed by atoms with Gasteiger partial charge in [0.2, 0.25) is 0 Å². The maximum atomic E-state index is 12.6. The highest BCUT2D eigenvalue weighted by atomic mass is 35.5. The molecule has 0 spiro atoms. The van der Waals surface area contributed by atoms with E-state index in [9.17, 15) is 9.59 Å². The quantitative estimate of drug-likeness (QED) is 0.588. The summed E-state index contributed by atoms with van der Waals surface area (Å²) in [6.45, 7) is 9.05. The third-order valence-electron chi connectivity index (χ3n) is 4.96. The van der Waals surface area contributed by atoms with E-state index in [-0.39, 0.29) is 35.4 Å². The topological polar surface area (TPSA) is 87.9 Å². The van der Waals surface area contributed by atoms with E-state index in [4.69, 9.17) is 19.9 Å². The van der Waals surface area contributed by atoms with Gasteiger partial charge in [-0.1, -0.05) is 38.1 Å². The van der Waals surface area contributed by atoms with Crippen LogP contribution in [0.5, 0.6) is 17.2 Å². The van der Waals surface area contributed by atoms with Gasteiger partial charge in [0, 0.05) is 23.3 Å². The normalized spacial score (nSPS) is 15.7. The van der Waals surface area contributed by atoms with Crippen molar-refractivity contribution in [2.75, 3.05) is 0 Å². The van der Waals surface area contributed by atoms with Crippen LogP contribution >= 0.6 is 12.4 Å². The van der Waals surface area contributed by atoms with Crippen LogP contribution in [0.3, 0.4) is 0 Å². The lowest BCUT2D eigenvalue weighted by Crippen LogP contribution is -2.39. The first-order valence-electron chi connectivity index (χ1n) is 9.53. The molecule has 1 heterocycles. The van der Waals surface area contributed by atoms with Crippen molar-refractivity contribution in [3.63, 3.8) is 0 Å². The molecule has 158 valence electrons. The minimum atomic E-state index is -0.784. The smallest absolute Gasteiger partial charge is 0.328 e. The molecule has 0 saturated heterocycles. The fourth-order valence-corrected chi connectivity index (χ4v) is 3.29. The Labute approximate surface area is 177 Å². The molecule has 2 aromatic rings. The van der Waals surface area contributed by atoms with Gasteiger partial charge in [-0.3, -0.25) is 4.79 Å². The van der Waals surface area contributed by atoms with Gasteiger partial charge in [0.05, 0.1) is 0 Å². The summed E-state index contributed by atoms with van der Waals surface area (Å²) >= 11 is 0. The van der Waals surface area contributed by atoms with E-state index in [1.54, 1.807) is 0 Å². The summed E-state index contributed by atoms with van der Waals surface area (Å²) in [6, 6.07) is 6.67. The number of hydrogen-bond acceptors (Lipinski definition) is 6. The first kappa shape index (κ1) is 23.0. The molecule has 0 saturated carbocycles. The fraction of sp³-hybridized carbons (Fsp3) is 0.455. The second-order valence-corrected chi connectivity index (χ2v) is 8.16. The molecule has 6 nitrogen and oxygen atoms in total. The predicted molar refractivity (Wildman–Crippen MR) is 114 cm³/mol. The average molecular weight is 422 g/mol. The number of hydrogen-bond donors (Lipinski definition) is 1. The standard InChI is InChI=1S/C22H27NO5.ClH/c1-12(2)17(23)21(25)27-20-16-10-11-22(4,5)28-18(16)14-8-6-7-9-15(14)19(20)26-13(3)24;/h6-9,12,17H,10-11,23H2,1-5H3;1H/t17-;/m0./s1. The molecule has 0 unspecified atom stereocenters. The summed E-state index contributed by atoms with van der Waals surface area (Å²) in [5.74, 6) is -0.0342. The van der Waals surface area contributed by atoms with Crippen LogP contribution in [0.25, 0.3) is 10.8 Å². The molecule has 0 aliphatic carbocycles. The van der Waals surface area contributed by atoms with E-state index in [0.29, 0.717) is 17.6 Å². The highest BCUT2D eigenvalue weighted by molar-refractivity contribution is 5.99. The highest BCUT2D eigenvalue weighted by Crippen LogP contribution is 2.50. The van der Waals surface area contributed by atoms with Crippen LogP contribution in [0.4, 0.5) is 0 Å². The van der Waals surface area contributed by atoms with Crippen molar-refractivity contribution in [3.05, 3.63) is 29.8 Å². The third-order valence-corrected chi connectivity index (χ3v) is 4.96. The van der Waals surface area contributed by atoms with E-state index in [1.165, 1.54) is 6.92 Å². The molecule has 0 radical (unpaired) electrons. The van der Waals surface area contributed by atoms with Crippen LogP contribution < -0.4 is 19.9 Å². The number of carbonyl (C=O) groups excluding carboxylic acids is 2. The molecule has 1 aliphatic heterocycles. The Kier molecular flexibility index (Phi) is 6.81. The maximum absolute atomic E-state index is 12.6. The number of rotatable bonds is 4.